The van der Waals surface area contributed by atoms with Crippen molar-refractivity contribution in [1.29, 1.82) is 0 Å². The molecule has 2 N–H and O–H groups in total. The molecule has 2 heterocycles. The summed E-state index contributed by atoms with van der Waals surface area (Å²) >= 11 is 0. The summed E-state index contributed by atoms with van der Waals surface area (Å²) < 4.78 is 7.19. The quantitative estimate of drug-likeness (QED) is 0.513. The average Bonchev–Trinajstić information content (AvgIpc) is 3.04. The van der Waals surface area contributed by atoms with E-state index in [4.69, 9.17) is 4.74 Å². The number of anilines is 3. The van der Waals surface area contributed by atoms with Gasteiger partial charge in [-0.15, -0.1) is 0 Å². The van der Waals surface area contributed by atoms with Crippen molar-refractivity contribution >= 4 is 28.6 Å². The van der Waals surface area contributed by atoms with Gasteiger partial charge in [0.25, 0.3) is 0 Å². The second kappa shape index (κ2) is 7.96. The zero-order chi connectivity index (χ0) is 19.3. The molecule has 2 aromatic heterocycles. The van der Waals surface area contributed by atoms with Crippen molar-refractivity contribution in [2.75, 3.05) is 24.3 Å². The van der Waals surface area contributed by atoms with Gasteiger partial charge in [0.15, 0.2) is 0 Å². The van der Waals surface area contributed by atoms with Crippen LogP contribution in [0.25, 0.3) is 11.0 Å². The first kappa shape index (κ1) is 17.8. The predicted octanol–water partition coefficient (Wildman–Crippen LogP) is 3.77. The van der Waals surface area contributed by atoms with E-state index in [0.29, 0.717) is 5.82 Å². The summed E-state index contributed by atoms with van der Waals surface area (Å²) in [4.78, 5) is 13.2. The van der Waals surface area contributed by atoms with Gasteiger partial charge in [-0.25, -0.2) is 15.0 Å². The lowest BCUT2D eigenvalue weighted by molar-refractivity contribution is 0.414. The van der Waals surface area contributed by atoms with Crippen LogP contribution in [0.5, 0.6) is 5.75 Å². The highest BCUT2D eigenvalue weighted by molar-refractivity contribution is 5.79. The van der Waals surface area contributed by atoms with Crippen LogP contribution in [0.3, 0.4) is 0 Å². The van der Waals surface area contributed by atoms with Crippen molar-refractivity contribution in [2.45, 2.75) is 6.42 Å². The van der Waals surface area contributed by atoms with E-state index < -0.39 is 0 Å². The minimum atomic E-state index is 0.695. The van der Waals surface area contributed by atoms with Crippen LogP contribution in [0.15, 0.2) is 60.9 Å². The van der Waals surface area contributed by atoms with Gasteiger partial charge in [0.2, 0.25) is 5.95 Å². The van der Waals surface area contributed by atoms with Gasteiger partial charge in [-0.2, -0.15) is 0 Å². The minimum absolute atomic E-state index is 0.695. The molecule has 142 valence electrons. The zero-order valence-electron chi connectivity index (χ0n) is 15.9. The van der Waals surface area contributed by atoms with Crippen LogP contribution >= 0.6 is 0 Å². The Morgan fingerprint density at radius 2 is 1.79 bits per heavy atom. The van der Waals surface area contributed by atoms with E-state index in [1.807, 2.05) is 54.1 Å². The van der Waals surface area contributed by atoms with Crippen LogP contribution in [0.2, 0.25) is 0 Å². The third-order valence-corrected chi connectivity index (χ3v) is 4.57. The number of methoxy groups -OCH3 is 1. The fourth-order valence-corrected chi connectivity index (χ4v) is 3.02. The second-order valence-electron chi connectivity index (χ2n) is 6.42. The summed E-state index contributed by atoms with van der Waals surface area (Å²) in [5.74, 6) is 3.07. The largest absolute Gasteiger partial charge is 0.497 e. The summed E-state index contributed by atoms with van der Waals surface area (Å²) in [6.45, 7) is 0.773. The SMILES string of the molecule is COc1ccc(CCNc2cc(Nc3nc4ccccc4n3C)ncn2)cc1. The predicted molar refractivity (Wildman–Crippen MR) is 111 cm³/mol. The molecule has 0 fully saturated rings. The first-order chi connectivity index (χ1) is 13.7. The van der Waals surface area contributed by atoms with Gasteiger partial charge in [-0.3, -0.25) is 0 Å². The van der Waals surface area contributed by atoms with Gasteiger partial charge in [0.1, 0.15) is 23.7 Å². The van der Waals surface area contributed by atoms with Crippen LogP contribution < -0.4 is 15.4 Å². The number of fused-ring (bicyclic) bond motifs is 1. The fraction of sp³-hybridized carbons (Fsp3) is 0.190. The lowest BCUT2D eigenvalue weighted by atomic mass is 10.1. The molecule has 7 nitrogen and oxygen atoms in total. The van der Waals surface area contributed by atoms with Gasteiger partial charge in [-0.05, 0) is 36.2 Å². The Kier molecular flexibility index (Phi) is 5.05. The molecule has 0 radical (unpaired) electrons. The number of aromatic nitrogens is 4. The maximum atomic E-state index is 5.19. The lowest BCUT2D eigenvalue weighted by Crippen LogP contribution is -2.07. The van der Waals surface area contributed by atoms with Crippen LogP contribution in [0, 0.1) is 0 Å². The first-order valence-electron chi connectivity index (χ1n) is 9.10. The smallest absolute Gasteiger partial charge is 0.209 e. The van der Waals surface area contributed by atoms with Gasteiger partial charge in [0, 0.05) is 19.7 Å². The Labute approximate surface area is 163 Å². The number of nitrogens with one attached hydrogen (secondary N) is 2. The van der Waals surface area contributed by atoms with E-state index in [9.17, 15) is 0 Å². The maximum absolute atomic E-state index is 5.19. The van der Waals surface area contributed by atoms with Crippen molar-refractivity contribution in [3.8, 4) is 5.75 Å². The Balaban J connectivity index is 1.40. The molecule has 0 aliphatic carbocycles. The minimum Gasteiger partial charge on any atom is -0.497 e. The molecule has 0 spiro atoms. The molecule has 0 bridgehead atoms. The summed E-state index contributed by atoms with van der Waals surface area (Å²) in [5, 5.41) is 6.61. The van der Waals surface area contributed by atoms with E-state index in [-0.39, 0.29) is 0 Å². The monoisotopic (exact) mass is 374 g/mol. The standard InChI is InChI=1S/C21H22N6O/c1-27-18-6-4-3-5-17(18)25-21(27)26-20-13-19(23-14-24-20)22-12-11-15-7-9-16(28-2)10-8-15/h3-10,13-14H,11-12H2,1-2H3,(H2,22,23,24,25,26). The molecule has 4 rings (SSSR count). The molecule has 28 heavy (non-hydrogen) atoms. The van der Waals surface area contributed by atoms with E-state index in [0.717, 1.165) is 41.5 Å². The van der Waals surface area contributed by atoms with Gasteiger partial charge in [0.05, 0.1) is 18.1 Å². The zero-order valence-corrected chi connectivity index (χ0v) is 15.9. The van der Waals surface area contributed by atoms with Crippen LogP contribution in [0.1, 0.15) is 5.56 Å². The number of hydrogen-bond acceptors (Lipinski definition) is 6. The summed E-state index contributed by atoms with van der Waals surface area (Å²) in [7, 11) is 3.65. The van der Waals surface area contributed by atoms with Crippen molar-refractivity contribution in [3.63, 3.8) is 0 Å². The van der Waals surface area contributed by atoms with Crippen molar-refractivity contribution in [3.05, 3.63) is 66.5 Å². The van der Waals surface area contributed by atoms with Crippen molar-refractivity contribution in [1.82, 2.24) is 19.5 Å². The third-order valence-electron chi connectivity index (χ3n) is 4.57. The number of imidazole rings is 1. The molecule has 4 aromatic rings. The molecule has 0 saturated heterocycles. The van der Waals surface area contributed by atoms with Gasteiger partial charge < -0.3 is 19.9 Å². The number of benzene rings is 2. The second-order valence-corrected chi connectivity index (χ2v) is 6.42. The molecule has 0 amide bonds. The Bertz CT molecular complexity index is 1070. The first-order valence-corrected chi connectivity index (χ1v) is 9.10. The molecule has 0 aliphatic heterocycles. The molecule has 0 unspecified atom stereocenters. The van der Waals surface area contributed by atoms with Gasteiger partial charge >= 0.3 is 0 Å². The Hall–Kier alpha value is -3.61. The molecule has 2 aromatic carbocycles. The molecular formula is C21H22N6O. The highest BCUT2D eigenvalue weighted by Gasteiger charge is 2.08. The number of rotatable bonds is 7. The van der Waals surface area contributed by atoms with E-state index in [2.05, 4.69) is 37.7 Å². The highest BCUT2D eigenvalue weighted by Crippen LogP contribution is 2.21. The van der Waals surface area contributed by atoms with Crippen LogP contribution in [0.4, 0.5) is 17.6 Å². The number of aryl methyl sites for hydroxylation is 1. The maximum Gasteiger partial charge on any atom is 0.209 e. The van der Waals surface area contributed by atoms with Gasteiger partial charge in [-0.1, -0.05) is 24.3 Å². The summed E-state index contributed by atoms with van der Waals surface area (Å²) in [6.07, 6.45) is 2.43. The number of nitrogens with zero attached hydrogens (tertiary/aromatic N) is 4. The Morgan fingerprint density at radius 3 is 2.57 bits per heavy atom. The normalized spacial score (nSPS) is 10.8. The fourth-order valence-electron chi connectivity index (χ4n) is 3.02. The van der Waals surface area contributed by atoms with Crippen LogP contribution in [-0.4, -0.2) is 33.2 Å². The van der Waals surface area contributed by atoms with E-state index in [1.165, 1.54) is 5.56 Å². The molecule has 0 saturated carbocycles. The number of para-hydroxylation sites is 2. The lowest BCUT2D eigenvalue weighted by Gasteiger charge is -2.09. The van der Waals surface area contributed by atoms with Crippen molar-refractivity contribution < 1.29 is 4.74 Å². The molecular weight excluding hydrogens is 352 g/mol. The van der Waals surface area contributed by atoms with E-state index >= 15 is 0 Å². The van der Waals surface area contributed by atoms with Crippen LogP contribution in [-0.2, 0) is 13.5 Å². The average molecular weight is 374 g/mol. The third kappa shape index (κ3) is 3.88. The molecule has 0 aliphatic rings. The Morgan fingerprint density at radius 1 is 1.00 bits per heavy atom. The summed E-state index contributed by atoms with van der Waals surface area (Å²) in [5.41, 5.74) is 3.25. The topological polar surface area (TPSA) is 76.9 Å². The van der Waals surface area contributed by atoms with E-state index in [1.54, 1.807) is 13.4 Å². The van der Waals surface area contributed by atoms with Crippen molar-refractivity contribution in [2.24, 2.45) is 7.05 Å². The molecule has 0 atom stereocenters. The summed E-state index contributed by atoms with van der Waals surface area (Å²) in [6, 6.07) is 18.0. The molecule has 7 heteroatoms. The number of hydrogen-bond donors (Lipinski definition) is 2. The highest BCUT2D eigenvalue weighted by atomic mass is 16.5. The number of ether oxygens (including phenoxy) is 1.